The smallest absolute Gasteiger partial charge is 0.115 e. The molecule has 3 nitrogen and oxygen atoms in total. The van der Waals surface area contributed by atoms with E-state index in [1.165, 1.54) is 6.33 Å². The molecule has 2 N–H and O–H groups in total. The zero-order valence-electron chi connectivity index (χ0n) is 8.98. The topological polar surface area (TPSA) is 51.8 Å². The van der Waals surface area contributed by atoms with E-state index in [-0.39, 0.29) is 6.04 Å². The lowest BCUT2D eigenvalue weighted by atomic mass is 10.0. The molecule has 0 saturated heterocycles. The van der Waals surface area contributed by atoms with Gasteiger partial charge in [0.2, 0.25) is 0 Å². The molecule has 1 unspecified atom stereocenters. The Hall–Kier alpha value is -1.16. The predicted octanol–water partition coefficient (Wildman–Crippen LogP) is 3.03. The molecule has 1 heterocycles. The van der Waals surface area contributed by atoms with E-state index in [1.54, 1.807) is 12.3 Å². The van der Waals surface area contributed by atoms with Crippen LogP contribution in [0.4, 0.5) is 0 Å². The normalized spacial score (nSPS) is 12.4. The molecule has 0 radical (unpaired) electrons. The van der Waals surface area contributed by atoms with Gasteiger partial charge in [0, 0.05) is 6.20 Å². The molecule has 0 fully saturated rings. The molecule has 5 heteroatoms. The Morgan fingerprint density at radius 1 is 1.18 bits per heavy atom. The van der Waals surface area contributed by atoms with Crippen molar-refractivity contribution in [1.29, 1.82) is 0 Å². The fourth-order valence-electron chi connectivity index (χ4n) is 1.55. The number of hydrogen-bond acceptors (Lipinski definition) is 3. The predicted molar refractivity (Wildman–Crippen MR) is 69.1 cm³/mol. The Labute approximate surface area is 110 Å². The van der Waals surface area contributed by atoms with E-state index in [0.29, 0.717) is 16.5 Å². The first-order valence-electron chi connectivity index (χ1n) is 5.12. The van der Waals surface area contributed by atoms with E-state index >= 15 is 0 Å². The minimum Gasteiger partial charge on any atom is -0.322 e. The number of halogens is 2. The van der Waals surface area contributed by atoms with Crippen LogP contribution in [0.2, 0.25) is 10.0 Å². The summed E-state index contributed by atoms with van der Waals surface area (Å²) < 4.78 is 0. The molecule has 0 aliphatic rings. The average Bonchev–Trinajstić information content (AvgIpc) is 2.35. The number of nitrogens with two attached hydrogens (primary N) is 1. The quantitative estimate of drug-likeness (QED) is 0.930. The molecule has 0 aliphatic heterocycles. The molecule has 0 bridgehead atoms. The van der Waals surface area contributed by atoms with Crippen LogP contribution in [0.5, 0.6) is 0 Å². The van der Waals surface area contributed by atoms with Crippen LogP contribution < -0.4 is 5.73 Å². The summed E-state index contributed by atoms with van der Waals surface area (Å²) in [5.74, 6) is 0. The van der Waals surface area contributed by atoms with Crippen LogP contribution in [-0.4, -0.2) is 9.97 Å². The first kappa shape index (κ1) is 12.3. The van der Waals surface area contributed by atoms with Crippen molar-refractivity contribution in [2.24, 2.45) is 5.73 Å². The van der Waals surface area contributed by atoms with Gasteiger partial charge in [0.25, 0.3) is 0 Å². The van der Waals surface area contributed by atoms with Gasteiger partial charge in [0.1, 0.15) is 6.33 Å². The SMILES string of the molecule is NC(Cc1ccc(Cl)c(Cl)c1)c1ccncn1. The van der Waals surface area contributed by atoms with Crippen LogP contribution in [0, 0.1) is 0 Å². The van der Waals surface area contributed by atoms with Gasteiger partial charge >= 0.3 is 0 Å². The number of rotatable bonds is 3. The van der Waals surface area contributed by atoms with Crippen molar-refractivity contribution >= 4 is 23.2 Å². The van der Waals surface area contributed by atoms with Crippen molar-refractivity contribution in [1.82, 2.24) is 9.97 Å². The van der Waals surface area contributed by atoms with Crippen LogP contribution in [0.1, 0.15) is 17.3 Å². The standard InChI is InChI=1S/C12H11Cl2N3/c13-9-2-1-8(5-10(9)14)6-11(15)12-3-4-16-7-17-12/h1-5,7,11H,6,15H2. The molecular weight excluding hydrogens is 257 g/mol. The van der Waals surface area contributed by atoms with E-state index in [4.69, 9.17) is 28.9 Å². The summed E-state index contributed by atoms with van der Waals surface area (Å²) in [4.78, 5) is 7.97. The van der Waals surface area contributed by atoms with E-state index < -0.39 is 0 Å². The fourth-order valence-corrected chi connectivity index (χ4v) is 1.87. The Morgan fingerprint density at radius 3 is 2.65 bits per heavy atom. The third kappa shape index (κ3) is 3.16. The van der Waals surface area contributed by atoms with E-state index in [2.05, 4.69) is 9.97 Å². The Kier molecular flexibility index (Phi) is 3.94. The maximum absolute atomic E-state index is 6.05. The number of aromatic nitrogens is 2. The lowest BCUT2D eigenvalue weighted by Gasteiger charge is -2.11. The van der Waals surface area contributed by atoms with Crippen LogP contribution in [0.3, 0.4) is 0 Å². The van der Waals surface area contributed by atoms with Crippen molar-refractivity contribution in [2.75, 3.05) is 0 Å². The minimum atomic E-state index is -0.171. The Morgan fingerprint density at radius 2 is 2.00 bits per heavy atom. The third-order valence-electron chi connectivity index (χ3n) is 2.42. The van der Waals surface area contributed by atoms with Gasteiger partial charge in [-0.15, -0.1) is 0 Å². The first-order chi connectivity index (χ1) is 8.16. The zero-order chi connectivity index (χ0) is 12.3. The molecular formula is C12H11Cl2N3. The molecule has 17 heavy (non-hydrogen) atoms. The fraction of sp³-hybridized carbons (Fsp3) is 0.167. The van der Waals surface area contributed by atoms with Crippen LogP contribution in [0.25, 0.3) is 0 Å². The van der Waals surface area contributed by atoms with Gasteiger partial charge in [-0.2, -0.15) is 0 Å². The summed E-state index contributed by atoms with van der Waals surface area (Å²) in [6.07, 6.45) is 3.83. The second kappa shape index (κ2) is 5.45. The lowest BCUT2D eigenvalue weighted by Crippen LogP contribution is -2.14. The van der Waals surface area contributed by atoms with Crippen LogP contribution >= 0.6 is 23.2 Å². The molecule has 1 aromatic heterocycles. The summed E-state index contributed by atoms with van der Waals surface area (Å²) in [7, 11) is 0. The average molecular weight is 268 g/mol. The first-order valence-corrected chi connectivity index (χ1v) is 5.88. The zero-order valence-corrected chi connectivity index (χ0v) is 10.5. The summed E-state index contributed by atoms with van der Waals surface area (Å²) >= 11 is 11.8. The van der Waals surface area contributed by atoms with E-state index in [0.717, 1.165) is 11.3 Å². The molecule has 0 saturated carbocycles. The highest BCUT2D eigenvalue weighted by Crippen LogP contribution is 2.24. The number of nitrogens with zero attached hydrogens (tertiary/aromatic N) is 2. The van der Waals surface area contributed by atoms with E-state index in [9.17, 15) is 0 Å². The second-order valence-corrected chi connectivity index (χ2v) is 4.51. The Balaban J connectivity index is 2.13. The monoisotopic (exact) mass is 267 g/mol. The molecule has 1 atom stereocenters. The van der Waals surface area contributed by atoms with Crippen molar-refractivity contribution in [3.63, 3.8) is 0 Å². The van der Waals surface area contributed by atoms with Crippen molar-refractivity contribution < 1.29 is 0 Å². The summed E-state index contributed by atoms with van der Waals surface area (Å²) in [6, 6.07) is 7.14. The molecule has 0 amide bonds. The maximum atomic E-state index is 6.05. The molecule has 2 aromatic rings. The maximum Gasteiger partial charge on any atom is 0.115 e. The van der Waals surface area contributed by atoms with Crippen molar-refractivity contribution in [3.8, 4) is 0 Å². The molecule has 1 aromatic carbocycles. The van der Waals surface area contributed by atoms with Gasteiger partial charge in [-0.25, -0.2) is 9.97 Å². The van der Waals surface area contributed by atoms with Gasteiger partial charge in [-0.1, -0.05) is 29.3 Å². The summed E-state index contributed by atoms with van der Waals surface area (Å²) in [5, 5.41) is 1.09. The summed E-state index contributed by atoms with van der Waals surface area (Å²) in [5.41, 5.74) is 7.89. The number of hydrogen-bond donors (Lipinski definition) is 1. The molecule has 2 rings (SSSR count). The van der Waals surface area contributed by atoms with Gasteiger partial charge in [0.05, 0.1) is 21.8 Å². The molecule has 88 valence electrons. The highest BCUT2D eigenvalue weighted by molar-refractivity contribution is 6.42. The van der Waals surface area contributed by atoms with Crippen LogP contribution in [-0.2, 0) is 6.42 Å². The van der Waals surface area contributed by atoms with E-state index in [1.807, 2.05) is 18.2 Å². The highest BCUT2D eigenvalue weighted by atomic mass is 35.5. The van der Waals surface area contributed by atoms with Crippen LogP contribution in [0.15, 0.2) is 36.8 Å². The largest absolute Gasteiger partial charge is 0.322 e. The minimum absolute atomic E-state index is 0.171. The van der Waals surface area contributed by atoms with Gasteiger partial charge in [-0.05, 0) is 30.2 Å². The molecule has 0 aliphatic carbocycles. The summed E-state index contributed by atoms with van der Waals surface area (Å²) in [6.45, 7) is 0. The molecule has 0 spiro atoms. The van der Waals surface area contributed by atoms with Gasteiger partial charge in [0.15, 0.2) is 0 Å². The highest BCUT2D eigenvalue weighted by Gasteiger charge is 2.09. The second-order valence-electron chi connectivity index (χ2n) is 3.69. The lowest BCUT2D eigenvalue weighted by molar-refractivity contribution is 0.693. The van der Waals surface area contributed by atoms with Crippen molar-refractivity contribution in [2.45, 2.75) is 12.5 Å². The number of benzene rings is 1. The Bertz CT molecular complexity index is 502. The van der Waals surface area contributed by atoms with Crippen molar-refractivity contribution in [3.05, 3.63) is 58.1 Å². The third-order valence-corrected chi connectivity index (χ3v) is 3.16. The van der Waals surface area contributed by atoms with Gasteiger partial charge < -0.3 is 5.73 Å². The van der Waals surface area contributed by atoms with Gasteiger partial charge in [-0.3, -0.25) is 0 Å².